The number of carbonyl (C=O) groups excluding carboxylic acids is 3. The standard InChI is InChI=1S/C19H24N4O3/c1-12(2)23(13(3)4)16(24)11-22-17(25)19(5,21-18(22)26)15-8-6-7-14(9-15)10-20/h6-9,12-13H,11H2,1-5H3,(H,21,26)/t19-/m1/s1. The van der Waals surface area contributed by atoms with Crippen LogP contribution in [-0.2, 0) is 15.1 Å². The van der Waals surface area contributed by atoms with Crippen LogP contribution in [0.25, 0.3) is 0 Å². The lowest BCUT2D eigenvalue weighted by Gasteiger charge is -2.32. The van der Waals surface area contributed by atoms with Gasteiger partial charge in [0.15, 0.2) is 0 Å². The van der Waals surface area contributed by atoms with Gasteiger partial charge in [-0.1, -0.05) is 12.1 Å². The highest BCUT2D eigenvalue weighted by Gasteiger charge is 2.49. The number of benzene rings is 1. The number of urea groups is 1. The Morgan fingerprint density at radius 3 is 2.42 bits per heavy atom. The average Bonchev–Trinajstić information content (AvgIpc) is 2.78. The van der Waals surface area contributed by atoms with Crippen LogP contribution in [0.5, 0.6) is 0 Å². The number of hydrogen-bond donors (Lipinski definition) is 1. The maximum Gasteiger partial charge on any atom is 0.325 e. The lowest BCUT2D eigenvalue weighted by Crippen LogP contribution is -2.49. The Morgan fingerprint density at radius 1 is 1.27 bits per heavy atom. The average molecular weight is 356 g/mol. The van der Waals surface area contributed by atoms with E-state index in [2.05, 4.69) is 5.32 Å². The zero-order valence-electron chi connectivity index (χ0n) is 15.7. The molecule has 1 fully saturated rings. The molecule has 1 aliphatic heterocycles. The van der Waals surface area contributed by atoms with E-state index in [0.717, 1.165) is 4.90 Å². The molecule has 1 heterocycles. The van der Waals surface area contributed by atoms with Gasteiger partial charge in [-0.2, -0.15) is 5.26 Å². The first kappa shape index (κ1) is 19.4. The van der Waals surface area contributed by atoms with E-state index in [1.165, 1.54) is 0 Å². The van der Waals surface area contributed by atoms with Gasteiger partial charge in [0.2, 0.25) is 5.91 Å². The summed E-state index contributed by atoms with van der Waals surface area (Å²) in [5.41, 5.74) is -0.398. The maximum atomic E-state index is 12.9. The predicted molar refractivity (Wildman–Crippen MR) is 95.9 cm³/mol. The molecule has 1 aromatic rings. The molecule has 1 saturated heterocycles. The zero-order valence-corrected chi connectivity index (χ0v) is 15.7. The van der Waals surface area contributed by atoms with Gasteiger partial charge in [0.05, 0.1) is 11.6 Å². The first-order valence-electron chi connectivity index (χ1n) is 8.57. The highest BCUT2D eigenvalue weighted by Crippen LogP contribution is 2.29. The zero-order chi connectivity index (χ0) is 19.6. The van der Waals surface area contributed by atoms with E-state index in [9.17, 15) is 14.4 Å². The van der Waals surface area contributed by atoms with Crippen molar-refractivity contribution >= 4 is 17.8 Å². The summed E-state index contributed by atoms with van der Waals surface area (Å²) in [6.07, 6.45) is 0. The quantitative estimate of drug-likeness (QED) is 0.816. The molecule has 7 nitrogen and oxygen atoms in total. The Hall–Kier alpha value is -2.88. The van der Waals surface area contributed by atoms with Crippen LogP contribution >= 0.6 is 0 Å². The molecule has 0 aromatic heterocycles. The van der Waals surface area contributed by atoms with Crippen LogP contribution in [0, 0.1) is 11.3 Å². The minimum absolute atomic E-state index is 0.0399. The van der Waals surface area contributed by atoms with E-state index in [4.69, 9.17) is 5.26 Å². The van der Waals surface area contributed by atoms with Gasteiger partial charge < -0.3 is 10.2 Å². The normalized spacial score (nSPS) is 19.7. The Bertz CT molecular complexity index is 773. The van der Waals surface area contributed by atoms with Crippen molar-refractivity contribution in [2.24, 2.45) is 0 Å². The second-order valence-corrected chi connectivity index (χ2v) is 7.13. The lowest BCUT2D eigenvalue weighted by atomic mass is 9.91. The number of nitriles is 1. The largest absolute Gasteiger partial charge is 0.336 e. The number of rotatable bonds is 5. The number of nitrogens with zero attached hydrogens (tertiary/aromatic N) is 3. The summed E-state index contributed by atoms with van der Waals surface area (Å²) < 4.78 is 0. The molecule has 0 unspecified atom stereocenters. The third-order valence-corrected chi connectivity index (χ3v) is 4.54. The molecule has 0 radical (unpaired) electrons. The van der Waals surface area contributed by atoms with Gasteiger partial charge in [0.1, 0.15) is 12.1 Å². The van der Waals surface area contributed by atoms with Gasteiger partial charge in [-0.15, -0.1) is 0 Å². The molecule has 4 amide bonds. The lowest BCUT2D eigenvalue weighted by molar-refractivity contribution is -0.141. The van der Waals surface area contributed by atoms with Gasteiger partial charge >= 0.3 is 6.03 Å². The van der Waals surface area contributed by atoms with Crippen molar-refractivity contribution in [1.29, 1.82) is 5.26 Å². The minimum atomic E-state index is -1.30. The number of carbonyl (C=O) groups is 3. The molecule has 1 aliphatic rings. The van der Waals surface area contributed by atoms with Crippen LogP contribution in [-0.4, -0.2) is 46.3 Å². The third-order valence-electron chi connectivity index (χ3n) is 4.54. The molecule has 138 valence electrons. The van der Waals surface area contributed by atoms with E-state index in [1.54, 1.807) is 36.1 Å². The van der Waals surface area contributed by atoms with E-state index in [1.807, 2.05) is 33.8 Å². The summed E-state index contributed by atoms with van der Waals surface area (Å²) in [5.74, 6) is -0.785. The molecule has 1 aromatic carbocycles. The van der Waals surface area contributed by atoms with Crippen LogP contribution in [0.15, 0.2) is 24.3 Å². The molecule has 1 N–H and O–H groups in total. The summed E-state index contributed by atoms with van der Waals surface area (Å²) in [4.78, 5) is 40.5. The number of nitrogens with one attached hydrogen (secondary N) is 1. The first-order valence-corrected chi connectivity index (χ1v) is 8.57. The Labute approximate surface area is 153 Å². The van der Waals surface area contributed by atoms with E-state index < -0.39 is 17.5 Å². The van der Waals surface area contributed by atoms with Crippen LogP contribution in [0.3, 0.4) is 0 Å². The fourth-order valence-corrected chi connectivity index (χ4v) is 3.33. The fraction of sp³-hybridized carbons (Fsp3) is 0.474. The Kier molecular flexibility index (Phi) is 5.36. The van der Waals surface area contributed by atoms with Crippen molar-refractivity contribution in [3.63, 3.8) is 0 Å². The topological polar surface area (TPSA) is 93.5 Å². The Morgan fingerprint density at radius 2 is 1.88 bits per heavy atom. The molecule has 0 bridgehead atoms. The third kappa shape index (κ3) is 3.40. The summed E-state index contributed by atoms with van der Waals surface area (Å²) in [5, 5.41) is 11.7. The number of amides is 4. The van der Waals surface area contributed by atoms with Gasteiger partial charge in [0.25, 0.3) is 5.91 Å². The van der Waals surface area contributed by atoms with Crippen molar-refractivity contribution in [3.8, 4) is 6.07 Å². The maximum absolute atomic E-state index is 12.9. The van der Waals surface area contributed by atoms with Crippen molar-refractivity contribution in [3.05, 3.63) is 35.4 Å². The van der Waals surface area contributed by atoms with E-state index in [-0.39, 0.29) is 24.5 Å². The summed E-state index contributed by atoms with van der Waals surface area (Å²) >= 11 is 0. The summed E-state index contributed by atoms with van der Waals surface area (Å²) in [6.45, 7) is 8.83. The first-order chi connectivity index (χ1) is 12.1. The SMILES string of the molecule is CC(C)N(C(=O)CN1C(=O)N[C@](C)(c2cccc(C#N)c2)C1=O)C(C)C. The molecule has 1 atom stereocenters. The monoisotopic (exact) mass is 356 g/mol. The number of imide groups is 1. The van der Waals surface area contributed by atoms with Gasteiger partial charge in [-0.05, 0) is 52.3 Å². The molecule has 0 aliphatic carbocycles. The van der Waals surface area contributed by atoms with E-state index >= 15 is 0 Å². The van der Waals surface area contributed by atoms with Crippen molar-refractivity contribution in [1.82, 2.24) is 15.1 Å². The minimum Gasteiger partial charge on any atom is -0.336 e. The molecule has 2 rings (SSSR count). The van der Waals surface area contributed by atoms with Gasteiger partial charge in [0, 0.05) is 12.1 Å². The molecule has 0 spiro atoms. The highest BCUT2D eigenvalue weighted by molar-refractivity contribution is 6.09. The van der Waals surface area contributed by atoms with Gasteiger partial charge in [-0.3, -0.25) is 14.5 Å². The van der Waals surface area contributed by atoms with Crippen LogP contribution in [0.2, 0.25) is 0 Å². The van der Waals surface area contributed by atoms with Crippen molar-refractivity contribution in [2.45, 2.75) is 52.2 Å². The fourth-order valence-electron chi connectivity index (χ4n) is 3.33. The van der Waals surface area contributed by atoms with Gasteiger partial charge in [-0.25, -0.2) is 4.79 Å². The molecule has 26 heavy (non-hydrogen) atoms. The molecular weight excluding hydrogens is 332 g/mol. The van der Waals surface area contributed by atoms with Crippen LogP contribution in [0.4, 0.5) is 4.79 Å². The smallest absolute Gasteiger partial charge is 0.325 e. The Balaban J connectivity index is 2.28. The van der Waals surface area contributed by atoms with E-state index in [0.29, 0.717) is 11.1 Å². The summed E-state index contributed by atoms with van der Waals surface area (Å²) in [7, 11) is 0. The predicted octanol–water partition coefficient (Wildman–Crippen LogP) is 1.97. The molecule has 7 heteroatoms. The van der Waals surface area contributed by atoms with Crippen LogP contribution < -0.4 is 5.32 Å². The van der Waals surface area contributed by atoms with Crippen molar-refractivity contribution in [2.75, 3.05) is 6.54 Å². The molecular formula is C19H24N4O3. The molecule has 0 saturated carbocycles. The second kappa shape index (κ2) is 7.16. The van der Waals surface area contributed by atoms with Crippen molar-refractivity contribution < 1.29 is 14.4 Å². The van der Waals surface area contributed by atoms with Crippen LogP contribution in [0.1, 0.15) is 45.7 Å². The highest BCUT2D eigenvalue weighted by atomic mass is 16.2. The second-order valence-electron chi connectivity index (χ2n) is 7.13. The summed E-state index contributed by atoms with van der Waals surface area (Å²) in [6, 6.07) is 7.86. The number of hydrogen-bond acceptors (Lipinski definition) is 4.